The summed E-state index contributed by atoms with van der Waals surface area (Å²) in [5.74, 6) is 0. The van der Waals surface area contributed by atoms with E-state index in [1.54, 1.807) is 18.2 Å². The van der Waals surface area contributed by atoms with Crippen LogP contribution in [0.4, 0.5) is 0 Å². The van der Waals surface area contributed by atoms with Gasteiger partial charge in [0.2, 0.25) is 0 Å². The molecule has 0 spiro atoms. The van der Waals surface area contributed by atoms with E-state index in [9.17, 15) is 10.5 Å². The summed E-state index contributed by atoms with van der Waals surface area (Å²) in [6, 6.07) is 32.6. The summed E-state index contributed by atoms with van der Waals surface area (Å²) in [5, 5.41) is 38.0. The molecule has 160 valence electrons. The highest BCUT2D eigenvalue weighted by molar-refractivity contribution is 7.21. The third kappa shape index (κ3) is 4.10. The molecular weight excluding hydrogens is 450 g/mol. The average molecular weight is 464 g/mol. The normalized spacial score (nSPS) is 10.2. The fourth-order valence-corrected chi connectivity index (χ4v) is 4.86. The molecule has 5 rings (SSSR count). The molecule has 0 saturated heterocycles. The van der Waals surface area contributed by atoms with E-state index in [2.05, 4.69) is 18.2 Å². The van der Waals surface area contributed by atoms with Crippen molar-refractivity contribution in [2.45, 2.75) is 0 Å². The molecule has 1 aromatic heterocycles. The van der Waals surface area contributed by atoms with Crippen LogP contribution in [-0.2, 0) is 0 Å². The summed E-state index contributed by atoms with van der Waals surface area (Å²) in [7, 11) is 0. The fourth-order valence-electron chi connectivity index (χ4n) is 3.87. The summed E-state index contributed by atoms with van der Waals surface area (Å²) in [6.07, 6.45) is 0. The molecule has 0 N–H and O–H groups in total. The van der Waals surface area contributed by atoms with Crippen molar-refractivity contribution in [3.8, 4) is 57.1 Å². The molecule has 5 nitrogen and oxygen atoms in total. The monoisotopic (exact) mass is 463 g/mol. The molecule has 0 amide bonds. The van der Waals surface area contributed by atoms with Gasteiger partial charge in [-0.2, -0.15) is 21.0 Å². The van der Waals surface area contributed by atoms with E-state index >= 15 is 0 Å². The van der Waals surface area contributed by atoms with Gasteiger partial charge in [0.15, 0.2) is 0 Å². The second-order valence-electron chi connectivity index (χ2n) is 7.79. The molecule has 0 unspecified atom stereocenters. The van der Waals surface area contributed by atoms with Crippen molar-refractivity contribution < 1.29 is 0 Å². The van der Waals surface area contributed by atoms with Gasteiger partial charge in [-0.3, -0.25) is 0 Å². The number of fused-ring (bicyclic) bond motifs is 1. The first-order valence-corrected chi connectivity index (χ1v) is 11.3. The summed E-state index contributed by atoms with van der Waals surface area (Å²) in [4.78, 5) is 4.70. The molecule has 0 aliphatic heterocycles. The number of benzene rings is 4. The van der Waals surface area contributed by atoms with Gasteiger partial charge in [0, 0.05) is 5.56 Å². The van der Waals surface area contributed by atoms with Crippen LogP contribution >= 0.6 is 11.3 Å². The van der Waals surface area contributed by atoms with Crippen LogP contribution in [0, 0.1) is 45.3 Å². The van der Waals surface area contributed by atoms with E-state index in [1.165, 1.54) is 11.3 Å². The molecule has 0 fully saturated rings. The fraction of sp³-hybridized carbons (Fsp3) is 0. The predicted molar refractivity (Wildman–Crippen MR) is 135 cm³/mol. The second-order valence-corrected chi connectivity index (χ2v) is 8.82. The Morgan fingerprint density at radius 1 is 0.514 bits per heavy atom. The molecule has 35 heavy (non-hydrogen) atoms. The Hall–Kier alpha value is -5.27. The van der Waals surface area contributed by atoms with E-state index in [0.717, 1.165) is 43.0 Å². The zero-order chi connectivity index (χ0) is 24.4. The lowest BCUT2D eigenvalue weighted by molar-refractivity contribution is 1.43. The number of hydrogen-bond acceptors (Lipinski definition) is 6. The lowest BCUT2D eigenvalue weighted by Gasteiger charge is -2.08. The Kier molecular flexibility index (Phi) is 5.51. The molecule has 0 radical (unpaired) electrons. The zero-order valence-corrected chi connectivity index (χ0v) is 19.0. The van der Waals surface area contributed by atoms with E-state index in [-0.39, 0.29) is 0 Å². The van der Waals surface area contributed by atoms with Crippen molar-refractivity contribution in [3.63, 3.8) is 0 Å². The maximum absolute atomic E-state index is 9.62. The minimum Gasteiger partial charge on any atom is -0.236 e. The Morgan fingerprint density at radius 3 is 1.86 bits per heavy atom. The molecule has 0 aliphatic rings. The average Bonchev–Trinajstić information content (AvgIpc) is 3.36. The molecular formula is C29H13N5S. The SMILES string of the molecule is N#Cc1cc(-c2ccc(-c3ccc(C#N)c(C#N)c3)cc2)cc(-c2nc3ccc(C#N)cc3s2)c1. The standard InChI is InChI=1S/C29H13N5S/c30-14-18-1-8-27-28(11-18)35-29(34-27)25-10-19(15-31)9-24(13-25)21-4-2-20(3-5-21)22-6-7-23(16-32)26(12-22)17-33/h1-13H. The first-order valence-electron chi connectivity index (χ1n) is 10.5. The van der Waals surface area contributed by atoms with E-state index in [4.69, 9.17) is 15.5 Å². The van der Waals surface area contributed by atoms with Crippen molar-refractivity contribution in [1.82, 2.24) is 4.98 Å². The van der Waals surface area contributed by atoms with Crippen LogP contribution in [0.2, 0.25) is 0 Å². The first kappa shape index (κ1) is 21.6. The highest BCUT2D eigenvalue weighted by atomic mass is 32.1. The van der Waals surface area contributed by atoms with Crippen LogP contribution in [-0.4, -0.2) is 4.98 Å². The van der Waals surface area contributed by atoms with E-state index < -0.39 is 0 Å². The van der Waals surface area contributed by atoms with Crippen LogP contribution in [0.5, 0.6) is 0 Å². The Labute approximate surface area is 205 Å². The Balaban J connectivity index is 1.53. The molecule has 0 aliphatic carbocycles. The summed E-state index contributed by atoms with van der Waals surface area (Å²) >= 11 is 1.49. The lowest BCUT2D eigenvalue weighted by atomic mass is 9.96. The number of hydrogen-bond donors (Lipinski definition) is 0. The van der Waals surface area contributed by atoms with Crippen LogP contribution < -0.4 is 0 Å². The second kappa shape index (κ2) is 8.93. The van der Waals surface area contributed by atoms with Crippen molar-refractivity contribution in [1.29, 1.82) is 21.0 Å². The largest absolute Gasteiger partial charge is 0.236 e. The number of rotatable bonds is 3. The van der Waals surface area contributed by atoms with Gasteiger partial charge in [-0.25, -0.2) is 4.98 Å². The molecule has 0 saturated carbocycles. The van der Waals surface area contributed by atoms with Gasteiger partial charge in [0.05, 0.1) is 44.6 Å². The van der Waals surface area contributed by atoms with E-state index in [1.807, 2.05) is 66.7 Å². The first-order chi connectivity index (χ1) is 17.1. The van der Waals surface area contributed by atoms with E-state index in [0.29, 0.717) is 22.3 Å². The van der Waals surface area contributed by atoms with Gasteiger partial charge >= 0.3 is 0 Å². The van der Waals surface area contributed by atoms with Crippen LogP contribution in [0.1, 0.15) is 22.3 Å². The van der Waals surface area contributed by atoms with Gasteiger partial charge in [-0.15, -0.1) is 11.3 Å². The molecule has 4 aromatic carbocycles. The highest BCUT2D eigenvalue weighted by Gasteiger charge is 2.11. The quantitative estimate of drug-likeness (QED) is 0.293. The highest BCUT2D eigenvalue weighted by Crippen LogP contribution is 2.34. The van der Waals surface area contributed by atoms with Crippen molar-refractivity contribution in [2.24, 2.45) is 0 Å². The van der Waals surface area contributed by atoms with Crippen molar-refractivity contribution in [2.75, 3.05) is 0 Å². The van der Waals surface area contributed by atoms with Crippen LogP contribution in [0.3, 0.4) is 0 Å². The topological polar surface area (TPSA) is 108 Å². The molecule has 5 aromatic rings. The number of nitriles is 4. The Morgan fingerprint density at radius 2 is 1.17 bits per heavy atom. The minimum atomic E-state index is 0.346. The Bertz CT molecular complexity index is 1790. The van der Waals surface area contributed by atoms with Crippen molar-refractivity contribution >= 4 is 21.6 Å². The number of aromatic nitrogens is 1. The lowest BCUT2D eigenvalue weighted by Crippen LogP contribution is -1.87. The maximum Gasteiger partial charge on any atom is 0.124 e. The third-order valence-corrected chi connectivity index (χ3v) is 6.71. The number of nitrogens with zero attached hydrogens (tertiary/aromatic N) is 5. The minimum absolute atomic E-state index is 0.346. The van der Waals surface area contributed by atoms with Gasteiger partial charge in [-0.1, -0.05) is 30.3 Å². The van der Waals surface area contributed by atoms with Crippen LogP contribution in [0.15, 0.2) is 78.9 Å². The van der Waals surface area contributed by atoms with Crippen molar-refractivity contribution in [3.05, 3.63) is 101 Å². The summed E-state index contributed by atoms with van der Waals surface area (Å²) < 4.78 is 0.923. The zero-order valence-electron chi connectivity index (χ0n) is 18.1. The van der Waals surface area contributed by atoms with Crippen LogP contribution in [0.25, 0.3) is 43.0 Å². The third-order valence-electron chi connectivity index (χ3n) is 5.64. The summed E-state index contributed by atoms with van der Waals surface area (Å²) in [6.45, 7) is 0. The van der Waals surface area contributed by atoms with Gasteiger partial charge in [-0.05, 0) is 70.8 Å². The van der Waals surface area contributed by atoms with Gasteiger partial charge < -0.3 is 0 Å². The predicted octanol–water partition coefficient (Wildman–Crippen LogP) is 6.78. The van der Waals surface area contributed by atoms with Gasteiger partial charge in [0.1, 0.15) is 17.1 Å². The molecule has 6 heteroatoms. The van der Waals surface area contributed by atoms with Gasteiger partial charge in [0.25, 0.3) is 0 Å². The number of thiazole rings is 1. The molecule has 0 bridgehead atoms. The molecule has 1 heterocycles. The maximum atomic E-state index is 9.62. The molecule has 0 atom stereocenters. The smallest absolute Gasteiger partial charge is 0.124 e. The summed E-state index contributed by atoms with van der Waals surface area (Å²) in [5.41, 5.74) is 7.08.